The van der Waals surface area contributed by atoms with E-state index in [4.69, 9.17) is 18.8 Å². The lowest BCUT2D eigenvalue weighted by Crippen LogP contribution is -1.94. The fourth-order valence-corrected chi connectivity index (χ4v) is 6.86. The third kappa shape index (κ3) is 3.22. The summed E-state index contributed by atoms with van der Waals surface area (Å²) < 4.78 is 13.3. The van der Waals surface area contributed by atoms with E-state index in [1.54, 1.807) is 0 Å². The summed E-state index contributed by atoms with van der Waals surface area (Å²) >= 11 is 0. The fraction of sp³-hybridized carbons (Fsp3) is 0. The number of benzene rings is 7. The minimum absolute atomic E-state index is 0.646. The van der Waals surface area contributed by atoms with E-state index in [1.165, 1.54) is 21.5 Å². The maximum absolute atomic E-state index is 6.71. The zero-order valence-corrected chi connectivity index (χ0v) is 23.4. The Balaban J connectivity index is 1.33. The number of fused-ring (bicyclic) bond motifs is 6. The first-order valence-electron chi connectivity index (χ1n) is 14.8. The SMILES string of the molecule is c1ccc(-c2ccc3oc4c(-c5ccc6c7ccccc7c7cccc8oc5c6c87)nc(-c5ccccc5)nc4c3c2)cc1. The quantitative estimate of drug-likeness (QED) is 0.201. The van der Waals surface area contributed by atoms with Gasteiger partial charge in [-0.2, -0.15) is 0 Å². The largest absolute Gasteiger partial charge is 0.455 e. The molecule has 0 amide bonds. The minimum Gasteiger partial charge on any atom is -0.455 e. The molecule has 204 valence electrons. The highest BCUT2D eigenvalue weighted by atomic mass is 16.3. The summed E-state index contributed by atoms with van der Waals surface area (Å²) in [5, 5.41) is 8.01. The average molecular weight is 563 g/mol. The van der Waals surface area contributed by atoms with E-state index in [2.05, 4.69) is 91.0 Å². The summed E-state index contributed by atoms with van der Waals surface area (Å²) in [6, 6.07) is 46.0. The lowest BCUT2D eigenvalue weighted by molar-refractivity contribution is 0.663. The molecular formula is C40H22N2O2. The number of rotatable bonds is 3. The van der Waals surface area contributed by atoms with Crippen molar-refractivity contribution in [3.05, 3.63) is 133 Å². The molecule has 0 aliphatic heterocycles. The van der Waals surface area contributed by atoms with Gasteiger partial charge in [0.05, 0.1) is 0 Å². The van der Waals surface area contributed by atoms with E-state index < -0.39 is 0 Å². The lowest BCUT2D eigenvalue weighted by Gasteiger charge is -2.10. The van der Waals surface area contributed by atoms with E-state index in [0.717, 1.165) is 66.4 Å². The topological polar surface area (TPSA) is 52.1 Å². The Morgan fingerprint density at radius 1 is 0.409 bits per heavy atom. The molecule has 3 aromatic heterocycles. The summed E-state index contributed by atoms with van der Waals surface area (Å²) in [4.78, 5) is 10.3. The van der Waals surface area contributed by atoms with Gasteiger partial charge in [-0.25, -0.2) is 9.97 Å². The molecule has 0 bridgehead atoms. The third-order valence-electron chi connectivity index (χ3n) is 8.86. The van der Waals surface area contributed by atoms with Gasteiger partial charge < -0.3 is 8.83 Å². The van der Waals surface area contributed by atoms with E-state index in [-0.39, 0.29) is 0 Å². The van der Waals surface area contributed by atoms with Crippen molar-refractivity contribution in [2.24, 2.45) is 0 Å². The van der Waals surface area contributed by atoms with Crippen LogP contribution in [0.2, 0.25) is 0 Å². The molecule has 0 aliphatic rings. The molecular weight excluding hydrogens is 540 g/mol. The molecule has 0 saturated heterocycles. The normalized spacial score (nSPS) is 12.1. The molecule has 44 heavy (non-hydrogen) atoms. The number of aromatic nitrogens is 2. The van der Waals surface area contributed by atoms with Gasteiger partial charge in [-0.15, -0.1) is 0 Å². The summed E-state index contributed by atoms with van der Waals surface area (Å²) in [5.74, 6) is 0.646. The smallest absolute Gasteiger partial charge is 0.180 e. The van der Waals surface area contributed by atoms with Gasteiger partial charge >= 0.3 is 0 Å². The van der Waals surface area contributed by atoms with Crippen molar-refractivity contribution in [1.82, 2.24) is 9.97 Å². The molecule has 0 radical (unpaired) electrons. The Hall–Kier alpha value is -6.00. The third-order valence-corrected chi connectivity index (χ3v) is 8.86. The molecule has 0 spiro atoms. The summed E-state index contributed by atoms with van der Waals surface area (Å²) in [5.41, 5.74) is 8.69. The molecule has 4 nitrogen and oxygen atoms in total. The molecule has 10 rings (SSSR count). The monoisotopic (exact) mass is 562 g/mol. The Bertz CT molecular complexity index is 2700. The molecule has 7 aromatic carbocycles. The molecule has 10 aromatic rings. The van der Waals surface area contributed by atoms with Crippen LogP contribution in [0.15, 0.2) is 142 Å². The van der Waals surface area contributed by atoms with E-state index in [1.807, 2.05) is 42.5 Å². The second-order valence-electron chi connectivity index (χ2n) is 11.3. The molecule has 0 atom stereocenters. The number of hydrogen-bond donors (Lipinski definition) is 0. The minimum atomic E-state index is 0.646. The summed E-state index contributed by atoms with van der Waals surface area (Å²) in [7, 11) is 0. The van der Waals surface area contributed by atoms with Crippen LogP contribution in [0.4, 0.5) is 0 Å². The zero-order chi connectivity index (χ0) is 28.8. The van der Waals surface area contributed by atoms with E-state index in [0.29, 0.717) is 11.4 Å². The maximum Gasteiger partial charge on any atom is 0.180 e. The van der Waals surface area contributed by atoms with Crippen LogP contribution in [-0.2, 0) is 0 Å². The molecule has 0 unspecified atom stereocenters. The molecule has 4 heteroatoms. The van der Waals surface area contributed by atoms with Gasteiger partial charge in [0.2, 0.25) is 0 Å². The van der Waals surface area contributed by atoms with Crippen molar-refractivity contribution in [2.45, 2.75) is 0 Å². The molecule has 0 N–H and O–H groups in total. The van der Waals surface area contributed by atoms with Crippen LogP contribution in [0.1, 0.15) is 0 Å². The first-order chi connectivity index (χ1) is 21.8. The highest BCUT2D eigenvalue weighted by molar-refractivity contribution is 6.34. The van der Waals surface area contributed by atoms with Crippen LogP contribution >= 0.6 is 0 Å². The van der Waals surface area contributed by atoms with Crippen molar-refractivity contribution in [1.29, 1.82) is 0 Å². The van der Waals surface area contributed by atoms with Gasteiger partial charge in [-0.3, -0.25) is 0 Å². The standard InChI is InChI=1S/C40H22N2O2/c1-3-10-23(11-4-1)25-18-21-32-31(22-25)37-39(43-32)36(41-40(42-37)24-12-5-2-6-13-24)30-20-19-29-27-15-8-7-14-26(27)28-16-9-17-33-34(28)35(29)38(30)44-33/h1-22H. The van der Waals surface area contributed by atoms with Crippen molar-refractivity contribution in [2.75, 3.05) is 0 Å². The van der Waals surface area contributed by atoms with Crippen LogP contribution in [-0.4, -0.2) is 9.97 Å². The van der Waals surface area contributed by atoms with Gasteiger partial charge in [0.1, 0.15) is 28.0 Å². The van der Waals surface area contributed by atoms with Gasteiger partial charge in [-0.1, -0.05) is 109 Å². The second-order valence-corrected chi connectivity index (χ2v) is 11.3. The average Bonchev–Trinajstić information content (AvgIpc) is 3.67. The molecule has 0 saturated carbocycles. The van der Waals surface area contributed by atoms with Gasteiger partial charge in [0, 0.05) is 27.3 Å². The van der Waals surface area contributed by atoms with Gasteiger partial charge in [0.15, 0.2) is 11.4 Å². The highest BCUT2D eigenvalue weighted by Gasteiger charge is 2.24. The van der Waals surface area contributed by atoms with E-state index in [9.17, 15) is 0 Å². The number of nitrogens with zero attached hydrogens (tertiary/aromatic N) is 2. The van der Waals surface area contributed by atoms with Crippen molar-refractivity contribution in [3.8, 4) is 33.8 Å². The van der Waals surface area contributed by atoms with Crippen molar-refractivity contribution >= 4 is 65.6 Å². The van der Waals surface area contributed by atoms with Crippen molar-refractivity contribution < 1.29 is 8.83 Å². The van der Waals surface area contributed by atoms with Crippen LogP contribution in [0.25, 0.3) is 99.3 Å². The molecule has 0 aliphatic carbocycles. The first kappa shape index (κ1) is 23.6. The Kier molecular flexibility index (Phi) is 4.69. The van der Waals surface area contributed by atoms with Gasteiger partial charge in [-0.05, 0) is 56.9 Å². The number of furan rings is 2. The van der Waals surface area contributed by atoms with Crippen LogP contribution < -0.4 is 0 Å². The summed E-state index contributed by atoms with van der Waals surface area (Å²) in [6.45, 7) is 0. The first-order valence-corrected chi connectivity index (χ1v) is 14.8. The predicted octanol–water partition coefficient (Wildman–Crippen LogP) is 11.0. The van der Waals surface area contributed by atoms with Crippen LogP contribution in [0, 0.1) is 0 Å². The highest BCUT2D eigenvalue weighted by Crippen LogP contribution is 2.47. The van der Waals surface area contributed by atoms with E-state index >= 15 is 0 Å². The zero-order valence-electron chi connectivity index (χ0n) is 23.4. The van der Waals surface area contributed by atoms with Crippen LogP contribution in [0.3, 0.4) is 0 Å². The Morgan fingerprint density at radius 2 is 1.09 bits per heavy atom. The van der Waals surface area contributed by atoms with Crippen LogP contribution in [0.5, 0.6) is 0 Å². The Morgan fingerprint density at radius 3 is 1.89 bits per heavy atom. The van der Waals surface area contributed by atoms with Crippen molar-refractivity contribution in [3.63, 3.8) is 0 Å². The lowest BCUT2D eigenvalue weighted by atomic mass is 9.92. The Labute approximate surface area is 251 Å². The predicted molar refractivity (Wildman–Crippen MR) is 179 cm³/mol. The fourth-order valence-electron chi connectivity index (χ4n) is 6.86. The summed E-state index contributed by atoms with van der Waals surface area (Å²) in [6.07, 6.45) is 0. The number of hydrogen-bond acceptors (Lipinski definition) is 4. The molecule has 0 fully saturated rings. The van der Waals surface area contributed by atoms with Gasteiger partial charge in [0.25, 0.3) is 0 Å². The molecule has 3 heterocycles. The maximum atomic E-state index is 6.71. The second kappa shape index (κ2) is 8.76.